The number of hydrogen-bond donors (Lipinski definition) is 3. The standard InChI is InChI=1S/C16H14N4O2S/c1-10-8-11-9-13(4-7-15(11)17-10)19-16(23)18-12-2-5-14(6-3-12)20(21)22/h2-9,17H,1H3,(H2,18,19,23). The first kappa shape index (κ1) is 15.0. The molecular formula is C16H14N4O2S. The molecule has 23 heavy (non-hydrogen) atoms. The van der Waals surface area contributed by atoms with Gasteiger partial charge in [0.25, 0.3) is 5.69 Å². The van der Waals surface area contributed by atoms with Crippen LogP contribution in [0.1, 0.15) is 5.69 Å². The number of aryl methyl sites for hydroxylation is 1. The van der Waals surface area contributed by atoms with Gasteiger partial charge in [0.2, 0.25) is 0 Å². The van der Waals surface area contributed by atoms with E-state index in [1.54, 1.807) is 12.1 Å². The number of nitrogens with one attached hydrogen (secondary N) is 3. The lowest BCUT2D eigenvalue weighted by Gasteiger charge is -2.10. The first-order valence-corrected chi connectivity index (χ1v) is 7.34. The maximum atomic E-state index is 10.6. The number of aromatic amines is 1. The van der Waals surface area contributed by atoms with Gasteiger partial charge in [-0.05, 0) is 55.5 Å². The summed E-state index contributed by atoms with van der Waals surface area (Å²) in [5.41, 5.74) is 3.77. The number of anilines is 2. The highest BCUT2D eigenvalue weighted by molar-refractivity contribution is 7.80. The molecule has 0 radical (unpaired) electrons. The summed E-state index contributed by atoms with van der Waals surface area (Å²) in [6, 6.07) is 14.1. The summed E-state index contributed by atoms with van der Waals surface area (Å²) in [6.07, 6.45) is 0. The quantitative estimate of drug-likeness (QED) is 0.382. The number of benzene rings is 2. The third-order valence-electron chi connectivity index (χ3n) is 3.35. The molecule has 0 amide bonds. The van der Waals surface area contributed by atoms with Crippen LogP contribution in [0.3, 0.4) is 0 Å². The minimum absolute atomic E-state index is 0.0442. The second-order valence-corrected chi connectivity index (χ2v) is 5.55. The summed E-state index contributed by atoms with van der Waals surface area (Å²) < 4.78 is 0. The maximum Gasteiger partial charge on any atom is 0.269 e. The van der Waals surface area contributed by atoms with Crippen molar-refractivity contribution in [3.8, 4) is 0 Å². The second kappa shape index (κ2) is 6.05. The molecule has 0 bridgehead atoms. The summed E-state index contributed by atoms with van der Waals surface area (Å²) in [5.74, 6) is 0. The van der Waals surface area contributed by atoms with Crippen molar-refractivity contribution in [1.29, 1.82) is 0 Å². The molecule has 0 aliphatic carbocycles. The highest BCUT2D eigenvalue weighted by Crippen LogP contribution is 2.20. The van der Waals surface area contributed by atoms with Crippen LogP contribution in [-0.4, -0.2) is 15.0 Å². The molecule has 0 saturated carbocycles. The largest absolute Gasteiger partial charge is 0.359 e. The van der Waals surface area contributed by atoms with E-state index >= 15 is 0 Å². The molecule has 1 aromatic heterocycles. The molecule has 3 rings (SSSR count). The fraction of sp³-hybridized carbons (Fsp3) is 0.0625. The molecule has 116 valence electrons. The van der Waals surface area contributed by atoms with E-state index < -0.39 is 4.92 Å². The van der Waals surface area contributed by atoms with Crippen LogP contribution in [0.5, 0.6) is 0 Å². The van der Waals surface area contributed by atoms with Crippen molar-refractivity contribution in [3.63, 3.8) is 0 Å². The molecule has 0 spiro atoms. The summed E-state index contributed by atoms with van der Waals surface area (Å²) in [6.45, 7) is 2.01. The van der Waals surface area contributed by atoms with E-state index in [9.17, 15) is 10.1 Å². The van der Waals surface area contributed by atoms with Gasteiger partial charge in [0.05, 0.1) is 4.92 Å². The van der Waals surface area contributed by atoms with Gasteiger partial charge in [-0.1, -0.05) is 0 Å². The van der Waals surface area contributed by atoms with Crippen LogP contribution in [-0.2, 0) is 0 Å². The number of nitro benzene ring substituents is 1. The Hall–Kier alpha value is -2.93. The zero-order chi connectivity index (χ0) is 16.4. The minimum atomic E-state index is -0.436. The molecule has 0 aliphatic heterocycles. The number of hydrogen-bond acceptors (Lipinski definition) is 3. The lowest BCUT2D eigenvalue weighted by atomic mass is 10.2. The number of aromatic nitrogens is 1. The van der Waals surface area contributed by atoms with Crippen molar-refractivity contribution in [3.05, 3.63) is 64.3 Å². The first-order valence-electron chi connectivity index (χ1n) is 6.93. The van der Waals surface area contributed by atoms with Crippen LogP contribution in [0.25, 0.3) is 10.9 Å². The van der Waals surface area contributed by atoms with E-state index in [0.717, 1.165) is 22.3 Å². The van der Waals surface area contributed by atoms with Crippen LogP contribution in [0.4, 0.5) is 17.1 Å². The Morgan fingerprint density at radius 2 is 1.74 bits per heavy atom. The van der Waals surface area contributed by atoms with Crippen molar-refractivity contribution in [2.75, 3.05) is 10.6 Å². The Morgan fingerprint density at radius 3 is 2.43 bits per heavy atom. The molecule has 0 fully saturated rings. The lowest BCUT2D eigenvalue weighted by molar-refractivity contribution is -0.384. The van der Waals surface area contributed by atoms with Gasteiger partial charge in [0.15, 0.2) is 5.11 Å². The number of thiocarbonyl (C=S) groups is 1. The molecule has 7 heteroatoms. The monoisotopic (exact) mass is 326 g/mol. The van der Waals surface area contributed by atoms with Gasteiger partial charge in [0.1, 0.15) is 0 Å². The molecule has 3 aromatic rings. The fourth-order valence-electron chi connectivity index (χ4n) is 2.32. The number of nitro groups is 1. The Morgan fingerprint density at radius 1 is 1.09 bits per heavy atom. The summed E-state index contributed by atoms with van der Waals surface area (Å²) in [7, 11) is 0. The maximum absolute atomic E-state index is 10.6. The predicted molar refractivity (Wildman–Crippen MR) is 96.0 cm³/mol. The molecule has 0 aliphatic rings. The third-order valence-corrected chi connectivity index (χ3v) is 3.55. The van der Waals surface area contributed by atoms with Crippen molar-refractivity contribution in [2.24, 2.45) is 0 Å². The van der Waals surface area contributed by atoms with E-state index in [1.807, 2.05) is 25.1 Å². The molecule has 6 nitrogen and oxygen atoms in total. The summed E-state index contributed by atoms with van der Waals surface area (Å²) >= 11 is 5.27. The molecule has 0 unspecified atom stereocenters. The molecule has 0 saturated heterocycles. The zero-order valence-corrected chi connectivity index (χ0v) is 13.1. The number of nitrogens with zero attached hydrogens (tertiary/aromatic N) is 1. The minimum Gasteiger partial charge on any atom is -0.359 e. The van der Waals surface area contributed by atoms with Gasteiger partial charge < -0.3 is 15.6 Å². The van der Waals surface area contributed by atoms with Gasteiger partial charge in [-0.25, -0.2) is 0 Å². The van der Waals surface area contributed by atoms with Gasteiger partial charge in [0, 0.05) is 40.1 Å². The van der Waals surface area contributed by atoms with Crippen molar-refractivity contribution in [2.45, 2.75) is 6.92 Å². The number of fused-ring (bicyclic) bond motifs is 1. The summed E-state index contributed by atoms with van der Waals surface area (Å²) in [4.78, 5) is 13.5. The van der Waals surface area contributed by atoms with Gasteiger partial charge in [-0.2, -0.15) is 0 Å². The van der Waals surface area contributed by atoms with Crippen LogP contribution in [0, 0.1) is 17.0 Å². The van der Waals surface area contributed by atoms with Gasteiger partial charge in [-0.15, -0.1) is 0 Å². The van der Waals surface area contributed by atoms with Crippen LogP contribution < -0.4 is 10.6 Å². The first-order chi connectivity index (χ1) is 11.0. The highest BCUT2D eigenvalue weighted by Gasteiger charge is 2.05. The van der Waals surface area contributed by atoms with Crippen LogP contribution in [0.15, 0.2) is 48.5 Å². The molecule has 3 N–H and O–H groups in total. The van der Waals surface area contributed by atoms with Crippen LogP contribution in [0.2, 0.25) is 0 Å². The summed E-state index contributed by atoms with van der Waals surface area (Å²) in [5, 5.41) is 18.3. The SMILES string of the molecule is Cc1cc2cc(NC(=S)Nc3ccc([N+](=O)[O-])cc3)ccc2[nH]1. The Labute approximate surface area is 137 Å². The van der Waals surface area contributed by atoms with Crippen molar-refractivity contribution < 1.29 is 4.92 Å². The topological polar surface area (TPSA) is 83.0 Å². The van der Waals surface area contributed by atoms with E-state index in [4.69, 9.17) is 12.2 Å². The Bertz CT molecular complexity index is 887. The lowest BCUT2D eigenvalue weighted by Crippen LogP contribution is -2.18. The van der Waals surface area contributed by atoms with E-state index in [2.05, 4.69) is 21.7 Å². The number of non-ortho nitro benzene ring substituents is 1. The average molecular weight is 326 g/mol. The van der Waals surface area contributed by atoms with Gasteiger partial charge >= 0.3 is 0 Å². The molecule has 2 aromatic carbocycles. The van der Waals surface area contributed by atoms with E-state index in [1.165, 1.54) is 12.1 Å². The Kier molecular flexibility index (Phi) is 3.94. The van der Waals surface area contributed by atoms with Crippen LogP contribution >= 0.6 is 12.2 Å². The molecule has 0 atom stereocenters. The fourth-order valence-corrected chi connectivity index (χ4v) is 2.55. The predicted octanol–water partition coefficient (Wildman–Crippen LogP) is 4.19. The van der Waals surface area contributed by atoms with E-state index in [-0.39, 0.29) is 5.69 Å². The Balaban J connectivity index is 1.69. The second-order valence-electron chi connectivity index (χ2n) is 5.14. The van der Waals surface area contributed by atoms with Crippen molar-refractivity contribution >= 4 is 45.3 Å². The van der Waals surface area contributed by atoms with Crippen molar-refractivity contribution in [1.82, 2.24) is 4.98 Å². The smallest absolute Gasteiger partial charge is 0.269 e. The molecular weight excluding hydrogens is 312 g/mol. The highest BCUT2D eigenvalue weighted by atomic mass is 32.1. The average Bonchev–Trinajstić information content (AvgIpc) is 2.87. The number of rotatable bonds is 3. The number of H-pyrrole nitrogens is 1. The third kappa shape index (κ3) is 3.46. The van der Waals surface area contributed by atoms with E-state index in [0.29, 0.717) is 10.8 Å². The normalized spacial score (nSPS) is 10.5. The zero-order valence-electron chi connectivity index (χ0n) is 12.3. The van der Waals surface area contributed by atoms with Gasteiger partial charge in [-0.3, -0.25) is 10.1 Å². The molecule has 1 heterocycles.